The van der Waals surface area contributed by atoms with Crippen LogP contribution in [0.1, 0.15) is 11.6 Å². The van der Waals surface area contributed by atoms with Gasteiger partial charge >= 0.3 is 6.18 Å². The number of hydrogen-bond acceptors (Lipinski definition) is 3. The summed E-state index contributed by atoms with van der Waals surface area (Å²) in [5.41, 5.74) is 9.71. The van der Waals surface area contributed by atoms with Gasteiger partial charge in [0.25, 0.3) is 0 Å². The van der Waals surface area contributed by atoms with Crippen molar-refractivity contribution in [2.45, 2.75) is 12.2 Å². The Balaban J connectivity index is 2.92. The minimum atomic E-state index is -4.49. The van der Waals surface area contributed by atoms with Gasteiger partial charge in [0.15, 0.2) is 5.88 Å². The lowest BCUT2D eigenvalue weighted by Gasteiger charge is -2.13. The fourth-order valence-electron chi connectivity index (χ4n) is 0.764. The molecule has 0 radical (unpaired) electrons. The van der Waals surface area contributed by atoms with E-state index in [2.05, 4.69) is 4.42 Å². The Hall–Kier alpha value is -1.17. The predicted octanol–water partition coefficient (Wildman–Crippen LogP) is 1.42. The Morgan fingerprint density at radius 1 is 1.42 bits per heavy atom. The molecule has 12 heavy (non-hydrogen) atoms. The van der Waals surface area contributed by atoms with Gasteiger partial charge in [-0.2, -0.15) is 13.2 Å². The normalized spacial score (nSPS) is 14.7. The van der Waals surface area contributed by atoms with Crippen molar-refractivity contribution in [2.24, 2.45) is 5.73 Å². The van der Waals surface area contributed by atoms with Crippen LogP contribution in [0, 0.1) is 0 Å². The van der Waals surface area contributed by atoms with Crippen LogP contribution in [0.2, 0.25) is 0 Å². The van der Waals surface area contributed by atoms with Crippen molar-refractivity contribution >= 4 is 5.88 Å². The Morgan fingerprint density at radius 3 is 2.33 bits per heavy atom. The van der Waals surface area contributed by atoms with Gasteiger partial charge in [-0.25, -0.2) is 0 Å². The molecule has 1 atom stereocenters. The van der Waals surface area contributed by atoms with Crippen LogP contribution in [0.25, 0.3) is 0 Å². The highest BCUT2D eigenvalue weighted by Crippen LogP contribution is 2.33. The van der Waals surface area contributed by atoms with Crippen LogP contribution >= 0.6 is 0 Å². The van der Waals surface area contributed by atoms with Gasteiger partial charge < -0.3 is 15.9 Å². The molecule has 0 aliphatic heterocycles. The quantitative estimate of drug-likeness (QED) is 0.686. The Labute approximate surface area is 66.1 Å². The van der Waals surface area contributed by atoms with Crippen molar-refractivity contribution in [1.29, 1.82) is 0 Å². The van der Waals surface area contributed by atoms with Gasteiger partial charge in [0.2, 0.25) is 0 Å². The van der Waals surface area contributed by atoms with E-state index in [4.69, 9.17) is 11.5 Å². The average molecular weight is 180 g/mol. The monoisotopic (exact) mass is 180 g/mol. The first kappa shape index (κ1) is 8.92. The van der Waals surface area contributed by atoms with Crippen molar-refractivity contribution < 1.29 is 17.6 Å². The van der Waals surface area contributed by atoms with E-state index in [9.17, 15) is 13.2 Å². The first-order chi connectivity index (χ1) is 5.43. The average Bonchev–Trinajstić information content (AvgIpc) is 2.31. The first-order valence-electron chi connectivity index (χ1n) is 3.08. The maximum Gasteiger partial charge on any atom is 0.407 e. The Bertz CT molecular complexity index is 268. The number of alkyl halides is 3. The van der Waals surface area contributed by atoms with Gasteiger partial charge in [0.05, 0.1) is 6.26 Å². The summed E-state index contributed by atoms with van der Waals surface area (Å²) >= 11 is 0. The van der Waals surface area contributed by atoms with Crippen molar-refractivity contribution in [3.63, 3.8) is 0 Å². The summed E-state index contributed by atoms with van der Waals surface area (Å²) in [6.07, 6.45) is -3.42. The van der Waals surface area contributed by atoms with E-state index in [1.54, 1.807) is 0 Å². The zero-order valence-electron chi connectivity index (χ0n) is 5.93. The molecule has 0 aliphatic rings. The van der Waals surface area contributed by atoms with Crippen molar-refractivity contribution in [1.82, 2.24) is 0 Å². The molecule has 0 saturated carbocycles. The van der Waals surface area contributed by atoms with Crippen LogP contribution in [0.15, 0.2) is 16.7 Å². The molecule has 68 valence electrons. The summed E-state index contributed by atoms with van der Waals surface area (Å²) in [5.74, 6) is -0.292. The van der Waals surface area contributed by atoms with Crippen LogP contribution in [0.4, 0.5) is 19.1 Å². The molecule has 1 aromatic rings. The number of rotatable bonds is 1. The molecule has 0 aromatic carbocycles. The molecule has 1 rings (SSSR count). The molecule has 1 unspecified atom stereocenters. The van der Waals surface area contributed by atoms with Crippen LogP contribution in [0.3, 0.4) is 0 Å². The molecule has 3 nitrogen and oxygen atoms in total. The summed E-state index contributed by atoms with van der Waals surface area (Å²) in [6, 6.07) is -0.968. The third-order valence-corrected chi connectivity index (χ3v) is 1.41. The lowest BCUT2D eigenvalue weighted by atomic mass is 10.1. The van der Waals surface area contributed by atoms with E-state index in [0.29, 0.717) is 0 Å². The highest BCUT2D eigenvalue weighted by atomic mass is 19.4. The molecule has 1 aromatic heterocycles. The summed E-state index contributed by atoms with van der Waals surface area (Å²) in [7, 11) is 0. The number of nitrogens with two attached hydrogens (primary N) is 2. The van der Waals surface area contributed by atoms with Crippen molar-refractivity contribution in [3.8, 4) is 0 Å². The summed E-state index contributed by atoms with van der Waals surface area (Å²) in [4.78, 5) is 0. The molecular formula is C6H7F3N2O. The maximum atomic E-state index is 12.0. The largest absolute Gasteiger partial charge is 0.449 e. The Kier molecular flexibility index (Phi) is 2.01. The van der Waals surface area contributed by atoms with Gasteiger partial charge in [-0.15, -0.1) is 0 Å². The van der Waals surface area contributed by atoms with Crippen molar-refractivity contribution in [2.75, 3.05) is 5.73 Å². The molecule has 0 amide bonds. The first-order valence-corrected chi connectivity index (χ1v) is 3.08. The number of halogens is 3. The molecular weight excluding hydrogens is 173 g/mol. The van der Waals surface area contributed by atoms with Crippen molar-refractivity contribution in [3.05, 3.63) is 17.9 Å². The van der Waals surface area contributed by atoms with Gasteiger partial charge in [-0.1, -0.05) is 0 Å². The lowest BCUT2D eigenvalue weighted by molar-refractivity contribution is -0.149. The standard InChI is InChI=1S/C6H7F3N2O/c7-6(8,9)4(10)3-1-2-12-5(3)11/h1-2,4H,10-11H2. The zero-order chi connectivity index (χ0) is 9.35. The fraction of sp³-hybridized carbons (Fsp3) is 0.333. The van der Waals surface area contributed by atoms with Gasteiger partial charge in [-0.3, -0.25) is 0 Å². The van der Waals surface area contributed by atoms with Crippen LogP contribution in [0.5, 0.6) is 0 Å². The number of furan rings is 1. The zero-order valence-corrected chi connectivity index (χ0v) is 5.93. The minimum Gasteiger partial charge on any atom is -0.449 e. The lowest BCUT2D eigenvalue weighted by Crippen LogP contribution is -2.28. The second-order valence-corrected chi connectivity index (χ2v) is 2.26. The van der Waals surface area contributed by atoms with Crippen LogP contribution in [-0.4, -0.2) is 6.18 Å². The highest BCUT2D eigenvalue weighted by Gasteiger charge is 2.39. The second kappa shape index (κ2) is 2.71. The molecule has 0 bridgehead atoms. The van der Waals surface area contributed by atoms with Gasteiger partial charge in [-0.05, 0) is 6.07 Å². The minimum absolute atomic E-state index is 0.234. The van der Waals surface area contributed by atoms with E-state index >= 15 is 0 Å². The molecule has 0 aliphatic carbocycles. The summed E-state index contributed by atoms with van der Waals surface area (Å²) in [6.45, 7) is 0. The van der Waals surface area contributed by atoms with Gasteiger partial charge in [0, 0.05) is 5.56 Å². The molecule has 6 heteroatoms. The molecule has 0 spiro atoms. The van der Waals surface area contributed by atoms with Gasteiger partial charge in [0.1, 0.15) is 6.04 Å². The summed E-state index contributed by atoms with van der Waals surface area (Å²) in [5, 5.41) is 0. The number of nitrogen functional groups attached to an aromatic ring is 1. The predicted molar refractivity (Wildman–Crippen MR) is 36.1 cm³/mol. The van der Waals surface area contributed by atoms with E-state index in [0.717, 1.165) is 12.3 Å². The summed E-state index contributed by atoms with van der Waals surface area (Å²) < 4.78 is 40.4. The Morgan fingerprint density at radius 2 is 2.00 bits per heavy atom. The molecule has 0 saturated heterocycles. The van der Waals surface area contributed by atoms with E-state index in [1.165, 1.54) is 0 Å². The highest BCUT2D eigenvalue weighted by molar-refractivity contribution is 5.38. The van der Waals surface area contributed by atoms with Crippen LogP contribution in [-0.2, 0) is 0 Å². The number of anilines is 1. The fourth-order valence-corrected chi connectivity index (χ4v) is 0.764. The third-order valence-electron chi connectivity index (χ3n) is 1.41. The third kappa shape index (κ3) is 1.53. The number of hydrogen-bond donors (Lipinski definition) is 2. The maximum absolute atomic E-state index is 12.0. The van der Waals surface area contributed by atoms with Crippen LogP contribution < -0.4 is 11.5 Å². The molecule has 1 heterocycles. The van der Waals surface area contributed by atoms with E-state index < -0.39 is 12.2 Å². The SMILES string of the molecule is Nc1occc1C(N)C(F)(F)F. The smallest absolute Gasteiger partial charge is 0.407 e. The van der Waals surface area contributed by atoms with E-state index in [1.807, 2.05) is 0 Å². The molecule has 4 N–H and O–H groups in total. The second-order valence-electron chi connectivity index (χ2n) is 2.26. The molecule has 0 fully saturated rings. The van der Waals surface area contributed by atoms with E-state index in [-0.39, 0.29) is 11.4 Å². The topological polar surface area (TPSA) is 65.2 Å².